The summed E-state index contributed by atoms with van der Waals surface area (Å²) >= 11 is 0. The van der Waals surface area contributed by atoms with Gasteiger partial charge in [-0.15, -0.1) is 0 Å². The van der Waals surface area contributed by atoms with Gasteiger partial charge in [0.15, 0.2) is 6.30 Å². The van der Waals surface area contributed by atoms with Crippen LogP contribution in [0.15, 0.2) is 48.5 Å². The van der Waals surface area contributed by atoms with E-state index in [4.69, 9.17) is 0 Å². The Kier molecular flexibility index (Phi) is 2.79. The van der Waals surface area contributed by atoms with Gasteiger partial charge in [-0.25, -0.2) is 8.78 Å². The first-order chi connectivity index (χ1) is 10.3. The van der Waals surface area contributed by atoms with Gasteiger partial charge >= 0.3 is 0 Å². The second-order valence-corrected chi connectivity index (χ2v) is 5.26. The van der Waals surface area contributed by atoms with Crippen molar-refractivity contribution in [3.8, 4) is 5.69 Å². The van der Waals surface area contributed by atoms with Gasteiger partial charge in [0.25, 0.3) is 0 Å². The first-order valence-electron chi connectivity index (χ1n) is 7.01. The molecule has 4 rings (SSSR count). The number of nitrogens with one attached hydrogen (secondary N) is 1. The van der Waals surface area contributed by atoms with Crippen LogP contribution in [0.5, 0.6) is 0 Å². The fourth-order valence-corrected chi connectivity index (χ4v) is 3.15. The molecule has 1 aromatic heterocycles. The number of benzene rings is 2. The molecule has 2 nitrogen and oxygen atoms in total. The summed E-state index contributed by atoms with van der Waals surface area (Å²) in [5, 5.41) is 3.78. The first-order valence-corrected chi connectivity index (χ1v) is 7.01. The fourth-order valence-electron chi connectivity index (χ4n) is 3.15. The highest BCUT2D eigenvalue weighted by Gasteiger charge is 2.27. The van der Waals surface area contributed by atoms with E-state index in [9.17, 15) is 8.78 Å². The summed E-state index contributed by atoms with van der Waals surface area (Å²) in [5.41, 5.74) is 3.50. The molecule has 106 valence electrons. The number of para-hydroxylation sites is 1. The molecule has 0 amide bonds. The third-order valence-corrected chi connectivity index (χ3v) is 4.04. The SMILES string of the molecule is Fc1ccc(-n2c3c(c4ccccc42)C(F)NCC3)cc1. The van der Waals surface area contributed by atoms with E-state index in [1.807, 2.05) is 28.8 Å². The van der Waals surface area contributed by atoms with Crippen LogP contribution in [0.1, 0.15) is 17.6 Å². The molecule has 2 aromatic carbocycles. The summed E-state index contributed by atoms with van der Waals surface area (Å²) < 4.78 is 29.5. The fraction of sp³-hybridized carbons (Fsp3) is 0.176. The lowest BCUT2D eigenvalue weighted by Gasteiger charge is -2.20. The summed E-state index contributed by atoms with van der Waals surface area (Å²) in [6, 6.07) is 14.1. The molecule has 1 aliphatic rings. The summed E-state index contributed by atoms with van der Waals surface area (Å²) in [6.45, 7) is 0.603. The van der Waals surface area contributed by atoms with Gasteiger partial charge in [0.2, 0.25) is 0 Å². The predicted octanol–water partition coefficient (Wildman–Crippen LogP) is 3.88. The van der Waals surface area contributed by atoms with Crippen molar-refractivity contribution in [1.29, 1.82) is 0 Å². The van der Waals surface area contributed by atoms with Crippen molar-refractivity contribution < 1.29 is 8.78 Å². The lowest BCUT2D eigenvalue weighted by molar-refractivity contribution is 0.270. The first kappa shape index (κ1) is 12.5. The molecular formula is C17H14F2N2. The molecule has 21 heavy (non-hydrogen) atoms. The highest BCUT2D eigenvalue weighted by molar-refractivity contribution is 5.88. The Labute approximate surface area is 121 Å². The Morgan fingerprint density at radius 2 is 1.81 bits per heavy atom. The van der Waals surface area contributed by atoms with Gasteiger partial charge < -0.3 is 4.57 Å². The van der Waals surface area contributed by atoms with Crippen LogP contribution in [-0.2, 0) is 6.42 Å². The van der Waals surface area contributed by atoms with Crippen LogP contribution in [0.3, 0.4) is 0 Å². The molecule has 0 radical (unpaired) electrons. The van der Waals surface area contributed by atoms with Crippen LogP contribution >= 0.6 is 0 Å². The number of hydrogen-bond acceptors (Lipinski definition) is 1. The second kappa shape index (κ2) is 4.67. The molecule has 1 N–H and O–H groups in total. The smallest absolute Gasteiger partial charge is 0.179 e. The highest BCUT2D eigenvalue weighted by Crippen LogP contribution is 2.36. The number of aromatic nitrogens is 1. The lowest BCUT2D eigenvalue weighted by Crippen LogP contribution is -2.27. The Morgan fingerprint density at radius 3 is 2.62 bits per heavy atom. The minimum absolute atomic E-state index is 0.269. The van der Waals surface area contributed by atoms with E-state index in [-0.39, 0.29) is 5.82 Å². The summed E-state index contributed by atoms with van der Waals surface area (Å²) in [7, 11) is 0. The minimum atomic E-state index is -1.15. The average molecular weight is 284 g/mol. The van der Waals surface area contributed by atoms with Crippen molar-refractivity contribution >= 4 is 10.9 Å². The zero-order chi connectivity index (χ0) is 14.4. The third-order valence-electron chi connectivity index (χ3n) is 4.04. The van der Waals surface area contributed by atoms with Crippen molar-refractivity contribution in [1.82, 2.24) is 9.88 Å². The van der Waals surface area contributed by atoms with E-state index in [0.29, 0.717) is 12.1 Å². The van der Waals surface area contributed by atoms with E-state index in [1.54, 1.807) is 12.1 Å². The number of fused-ring (bicyclic) bond motifs is 3. The zero-order valence-electron chi connectivity index (χ0n) is 11.3. The quantitative estimate of drug-likeness (QED) is 0.671. The summed E-state index contributed by atoms with van der Waals surface area (Å²) in [6.07, 6.45) is -0.401. The van der Waals surface area contributed by atoms with Crippen LogP contribution in [0, 0.1) is 5.82 Å². The average Bonchev–Trinajstić information content (AvgIpc) is 2.84. The van der Waals surface area contributed by atoms with Gasteiger partial charge in [-0.3, -0.25) is 5.32 Å². The molecule has 3 aromatic rings. The van der Waals surface area contributed by atoms with Crippen LogP contribution in [0.4, 0.5) is 8.78 Å². The van der Waals surface area contributed by atoms with Crippen LogP contribution in [0.2, 0.25) is 0 Å². The van der Waals surface area contributed by atoms with Gasteiger partial charge in [0, 0.05) is 35.3 Å². The van der Waals surface area contributed by atoms with Gasteiger partial charge in [-0.05, 0) is 30.3 Å². The Balaban J connectivity index is 2.06. The Morgan fingerprint density at radius 1 is 1.05 bits per heavy atom. The number of alkyl halides is 1. The molecule has 0 fully saturated rings. The molecule has 1 unspecified atom stereocenters. The number of halogens is 2. The molecule has 1 atom stereocenters. The molecular weight excluding hydrogens is 270 g/mol. The monoisotopic (exact) mass is 284 g/mol. The molecule has 0 saturated carbocycles. The van der Waals surface area contributed by atoms with E-state index in [1.165, 1.54) is 12.1 Å². The maximum absolute atomic E-state index is 14.3. The van der Waals surface area contributed by atoms with Crippen LogP contribution in [0.25, 0.3) is 16.6 Å². The van der Waals surface area contributed by atoms with E-state index < -0.39 is 6.30 Å². The molecule has 0 aliphatic carbocycles. The lowest BCUT2D eigenvalue weighted by atomic mass is 10.1. The number of nitrogens with zero attached hydrogens (tertiary/aromatic N) is 1. The normalized spacial score (nSPS) is 17.9. The zero-order valence-corrected chi connectivity index (χ0v) is 11.3. The minimum Gasteiger partial charge on any atom is -0.313 e. The highest BCUT2D eigenvalue weighted by atomic mass is 19.1. The van der Waals surface area contributed by atoms with Crippen molar-refractivity contribution in [2.75, 3.05) is 6.54 Å². The van der Waals surface area contributed by atoms with Gasteiger partial charge in [0.1, 0.15) is 5.82 Å². The van der Waals surface area contributed by atoms with Crippen molar-refractivity contribution in [2.45, 2.75) is 12.7 Å². The third kappa shape index (κ3) is 1.87. The molecule has 1 aliphatic heterocycles. The van der Waals surface area contributed by atoms with Gasteiger partial charge in [-0.1, -0.05) is 18.2 Å². The number of rotatable bonds is 1. The molecule has 0 bridgehead atoms. The Bertz CT molecular complexity index is 806. The maximum atomic E-state index is 14.3. The summed E-state index contributed by atoms with van der Waals surface area (Å²) in [5.74, 6) is -0.269. The predicted molar refractivity (Wildman–Crippen MR) is 78.8 cm³/mol. The molecule has 0 saturated heterocycles. The number of hydrogen-bond donors (Lipinski definition) is 1. The van der Waals surface area contributed by atoms with E-state index >= 15 is 0 Å². The second-order valence-electron chi connectivity index (χ2n) is 5.26. The maximum Gasteiger partial charge on any atom is 0.179 e. The molecule has 2 heterocycles. The van der Waals surface area contributed by atoms with Crippen molar-refractivity contribution in [3.05, 3.63) is 65.6 Å². The Hall–Kier alpha value is -2.20. The van der Waals surface area contributed by atoms with Gasteiger partial charge in [-0.2, -0.15) is 0 Å². The van der Waals surface area contributed by atoms with Crippen LogP contribution < -0.4 is 5.32 Å². The van der Waals surface area contributed by atoms with Crippen LogP contribution in [-0.4, -0.2) is 11.1 Å². The largest absolute Gasteiger partial charge is 0.313 e. The topological polar surface area (TPSA) is 17.0 Å². The van der Waals surface area contributed by atoms with Crippen molar-refractivity contribution in [2.24, 2.45) is 0 Å². The summed E-state index contributed by atoms with van der Waals surface area (Å²) in [4.78, 5) is 0. The standard InChI is InChI=1S/C17H14F2N2/c18-11-5-7-12(8-6-11)21-14-4-2-1-3-13(14)16-15(21)9-10-20-17(16)19/h1-8,17,20H,9-10H2. The van der Waals surface area contributed by atoms with Gasteiger partial charge in [0.05, 0.1) is 5.52 Å². The molecule has 4 heteroatoms. The molecule has 0 spiro atoms. The van der Waals surface area contributed by atoms with E-state index in [2.05, 4.69) is 5.32 Å². The van der Waals surface area contributed by atoms with Crippen molar-refractivity contribution in [3.63, 3.8) is 0 Å². The van der Waals surface area contributed by atoms with E-state index in [0.717, 1.165) is 28.7 Å².